The van der Waals surface area contributed by atoms with E-state index in [1.807, 2.05) is 0 Å². The number of fused-ring (bicyclic) bond motifs is 5. The fourth-order valence-electron chi connectivity index (χ4n) is 10.1. The SMILES string of the molecule is C[C@@H]1CC[C@H]2C[C@@H](n3c(CC4CCN(CCC(=O)O)CC4)nc4ccccc43)C[C@@H]1N2[C@@H]1C[C@@H]2CCCC[C@@H](C2)C1. The maximum absolute atomic E-state index is 11.0. The van der Waals surface area contributed by atoms with Crippen molar-refractivity contribution >= 4 is 17.0 Å². The molecule has 0 radical (unpaired) electrons. The summed E-state index contributed by atoms with van der Waals surface area (Å²) in [5, 5.41) is 9.09. The van der Waals surface area contributed by atoms with E-state index in [4.69, 9.17) is 10.1 Å². The topological polar surface area (TPSA) is 61.6 Å². The van der Waals surface area contributed by atoms with Crippen molar-refractivity contribution in [3.63, 3.8) is 0 Å². The zero-order chi connectivity index (χ0) is 27.9. The summed E-state index contributed by atoms with van der Waals surface area (Å²) in [5.74, 6) is 4.00. The van der Waals surface area contributed by atoms with E-state index in [0.717, 1.165) is 62.2 Å². The van der Waals surface area contributed by atoms with E-state index in [9.17, 15) is 4.79 Å². The lowest BCUT2D eigenvalue weighted by atomic mass is 9.71. The molecule has 0 unspecified atom stereocenters. The van der Waals surface area contributed by atoms with E-state index in [2.05, 4.69) is 45.6 Å². The minimum absolute atomic E-state index is 0.252. The number of para-hydroxylation sites is 2. The number of likely N-dealkylation sites (tertiary alicyclic amines) is 1. The van der Waals surface area contributed by atoms with Crippen LogP contribution in [0.3, 0.4) is 0 Å². The van der Waals surface area contributed by atoms with Crippen molar-refractivity contribution in [1.29, 1.82) is 0 Å². The maximum atomic E-state index is 11.0. The molecule has 6 heteroatoms. The van der Waals surface area contributed by atoms with Gasteiger partial charge < -0.3 is 14.6 Å². The van der Waals surface area contributed by atoms with E-state index in [-0.39, 0.29) is 6.42 Å². The van der Waals surface area contributed by atoms with Crippen molar-refractivity contribution in [1.82, 2.24) is 19.4 Å². The first-order valence-corrected chi connectivity index (χ1v) is 17.2. The van der Waals surface area contributed by atoms with Crippen LogP contribution in [-0.2, 0) is 11.2 Å². The molecule has 4 heterocycles. The number of imidazole rings is 1. The van der Waals surface area contributed by atoms with Gasteiger partial charge >= 0.3 is 5.97 Å². The predicted molar refractivity (Wildman–Crippen MR) is 164 cm³/mol. The Bertz CT molecular complexity index is 1190. The molecule has 4 bridgehead atoms. The van der Waals surface area contributed by atoms with Gasteiger partial charge in [0, 0.05) is 37.1 Å². The first-order chi connectivity index (χ1) is 20.0. The van der Waals surface area contributed by atoms with Gasteiger partial charge in [-0.1, -0.05) is 44.7 Å². The summed E-state index contributed by atoms with van der Waals surface area (Å²) in [7, 11) is 0. The number of benzene rings is 1. The minimum Gasteiger partial charge on any atom is -0.481 e. The van der Waals surface area contributed by atoms with Gasteiger partial charge in [0.25, 0.3) is 0 Å². The van der Waals surface area contributed by atoms with Gasteiger partial charge in [-0.05, 0) is 107 Å². The van der Waals surface area contributed by atoms with Crippen LogP contribution in [0.15, 0.2) is 24.3 Å². The molecule has 0 amide bonds. The Morgan fingerprint density at radius 1 is 0.878 bits per heavy atom. The molecule has 7 rings (SSSR count). The maximum Gasteiger partial charge on any atom is 0.304 e. The number of hydrogen-bond acceptors (Lipinski definition) is 4. The van der Waals surface area contributed by atoms with Crippen LogP contribution in [0.25, 0.3) is 11.0 Å². The second kappa shape index (κ2) is 12.0. The molecule has 1 aromatic carbocycles. The monoisotopic (exact) mass is 560 g/mol. The Hall–Kier alpha value is -1.92. The van der Waals surface area contributed by atoms with Crippen LogP contribution in [0.1, 0.15) is 109 Å². The van der Waals surface area contributed by atoms with Gasteiger partial charge in [-0.2, -0.15) is 0 Å². The lowest BCUT2D eigenvalue weighted by molar-refractivity contribution is -0.137. The Labute approximate surface area is 246 Å². The second-order valence-corrected chi connectivity index (χ2v) is 14.7. The quantitative estimate of drug-likeness (QED) is 0.398. The Kier molecular flexibility index (Phi) is 8.16. The summed E-state index contributed by atoms with van der Waals surface area (Å²) in [6.45, 7) is 5.27. The zero-order valence-corrected chi connectivity index (χ0v) is 25.3. The fraction of sp³-hybridized carbons (Fsp3) is 0.771. The number of piperidine rings is 3. The van der Waals surface area contributed by atoms with Gasteiger partial charge in [-0.3, -0.25) is 9.69 Å². The first-order valence-electron chi connectivity index (χ1n) is 17.2. The zero-order valence-electron chi connectivity index (χ0n) is 25.3. The molecular formula is C35H52N4O2. The molecular weight excluding hydrogens is 508 g/mol. The lowest BCUT2D eigenvalue weighted by Gasteiger charge is -2.56. The molecule has 3 aliphatic heterocycles. The Balaban J connectivity index is 1.11. The molecule has 0 spiro atoms. The molecule has 224 valence electrons. The fourth-order valence-corrected chi connectivity index (χ4v) is 10.1. The molecule has 5 aliphatic rings. The molecule has 3 saturated heterocycles. The third-order valence-corrected chi connectivity index (χ3v) is 12.1. The molecule has 2 aliphatic carbocycles. The van der Waals surface area contributed by atoms with Crippen molar-refractivity contribution in [2.75, 3.05) is 19.6 Å². The number of aliphatic carboxylic acids is 1. The predicted octanol–water partition coefficient (Wildman–Crippen LogP) is 6.93. The van der Waals surface area contributed by atoms with Crippen LogP contribution in [-0.4, -0.2) is 68.2 Å². The molecule has 7 atom stereocenters. The minimum atomic E-state index is -0.687. The summed E-state index contributed by atoms with van der Waals surface area (Å²) >= 11 is 0. The third-order valence-electron chi connectivity index (χ3n) is 12.1. The summed E-state index contributed by atoms with van der Waals surface area (Å²) in [4.78, 5) is 21.8. The standard InChI is InChI=1S/C35H52N4O2/c1-24-10-11-28-22-30(23-33(24)38(28)29-19-26-6-2-3-7-27(18-26)20-29)39-32-9-5-4-8-31(32)36-34(39)21-25-12-15-37(16-13-25)17-14-35(40)41/h4-5,8-9,24-30,33H,2-3,6-7,10-23H2,1H3,(H,40,41)/t24-,26-,27+,28+,29-,30-,33+/m1/s1. The summed E-state index contributed by atoms with van der Waals surface area (Å²) < 4.78 is 2.71. The molecule has 1 N–H and O–H groups in total. The van der Waals surface area contributed by atoms with Gasteiger partial charge in [0.05, 0.1) is 17.5 Å². The number of carboxylic acids is 1. The Morgan fingerprint density at radius 2 is 1.63 bits per heavy atom. The molecule has 1 aromatic heterocycles. The van der Waals surface area contributed by atoms with E-state index >= 15 is 0 Å². The molecule has 2 aromatic rings. The average molecular weight is 561 g/mol. The summed E-state index contributed by atoms with van der Waals surface area (Å²) in [6.07, 6.45) is 19.3. The van der Waals surface area contributed by atoms with E-state index in [1.54, 1.807) is 0 Å². The van der Waals surface area contributed by atoms with Gasteiger partial charge in [-0.25, -0.2) is 4.98 Å². The number of aromatic nitrogens is 2. The summed E-state index contributed by atoms with van der Waals surface area (Å²) in [6, 6.07) is 11.7. The first kappa shape index (κ1) is 27.9. The van der Waals surface area contributed by atoms with Crippen molar-refractivity contribution in [2.45, 2.75) is 127 Å². The highest BCUT2D eigenvalue weighted by molar-refractivity contribution is 5.76. The Morgan fingerprint density at radius 3 is 2.39 bits per heavy atom. The van der Waals surface area contributed by atoms with Gasteiger partial charge in [0.15, 0.2) is 0 Å². The summed E-state index contributed by atoms with van der Waals surface area (Å²) in [5.41, 5.74) is 2.51. The third kappa shape index (κ3) is 5.85. The largest absolute Gasteiger partial charge is 0.481 e. The van der Waals surface area contributed by atoms with E-state index in [1.165, 1.54) is 87.5 Å². The number of hydrogen-bond donors (Lipinski definition) is 1. The highest BCUT2D eigenvalue weighted by Crippen LogP contribution is 2.49. The normalized spacial score (nSPS) is 35.4. The van der Waals surface area contributed by atoms with E-state index < -0.39 is 5.97 Å². The smallest absolute Gasteiger partial charge is 0.304 e. The average Bonchev–Trinajstić information content (AvgIpc) is 3.24. The van der Waals surface area contributed by atoms with Crippen LogP contribution < -0.4 is 0 Å². The van der Waals surface area contributed by atoms with Crippen LogP contribution in [0.5, 0.6) is 0 Å². The highest BCUT2D eigenvalue weighted by Gasteiger charge is 2.47. The highest BCUT2D eigenvalue weighted by atomic mass is 16.4. The van der Waals surface area contributed by atoms with Gasteiger partial charge in [0.1, 0.15) is 5.82 Å². The van der Waals surface area contributed by atoms with Crippen molar-refractivity contribution in [3.8, 4) is 0 Å². The number of rotatable bonds is 7. The van der Waals surface area contributed by atoms with Crippen LogP contribution >= 0.6 is 0 Å². The number of nitrogens with zero attached hydrogens (tertiary/aromatic N) is 4. The number of carboxylic acid groups (broad SMARTS) is 1. The van der Waals surface area contributed by atoms with Gasteiger partial charge in [0.2, 0.25) is 0 Å². The van der Waals surface area contributed by atoms with Crippen molar-refractivity contribution in [2.24, 2.45) is 23.7 Å². The molecule has 5 fully saturated rings. The molecule has 6 nitrogen and oxygen atoms in total. The lowest BCUT2D eigenvalue weighted by Crippen LogP contribution is -2.60. The molecule has 2 saturated carbocycles. The van der Waals surface area contributed by atoms with Crippen LogP contribution in [0.4, 0.5) is 0 Å². The van der Waals surface area contributed by atoms with Gasteiger partial charge in [-0.15, -0.1) is 0 Å². The van der Waals surface area contributed by atoms with Crippen LogP contribution in [0.2, 0.25) is 0 Å². The molecule has 41 heavy (non-hydrogen) atoms. The number of carbonyl (C=O) groups is 1. The van der Waals surface area contributed by atoms with Crippen molar-refractivity contribution < 1.29 is 9.90 Å². The van der Waals surface area contributed by atoms with E-state index in [0.29, 0.717) is 24.5 Å². The van der Waals surface area contributed by atoms with Crippen LogP contribution in [0, 0.1) is 23.7 Å². The van der Waals surface area contributed by atoms with Crippen molar-refractivity contribution in [3.05, 3.63) is 30.1 Å². The second-order valence-electron chi connectivity index (χ2n) is 14.7.